The summed E-state index contributed by atoms with van der Waals surface area (Å²) in [6.07, 6.45) is -5.86. The Balaban J connectivity index is 1.73. The monoisotopic (exact) mass is 608 g/mol. The standard InChI is InChI=1S/C28H31F3N4O8/c1-10(36)35-5-4-33-15(9-35)12-8-16(37)18-13(20(12)28(29,30)31)6-11-7-14-21(34(2)3)23(39)19(26(32)42)25(41)27(14,43)24(40)17(11)22(18)38/h8,11,14-15,21,33,37-38,41,43H,4-7,9H2,1-3H3,(H2,32,42)/t11-,14-,15?,21-,27-/m0/s1. The van der Waals surface area contributed by atoms with Gasteiger partial charge in [0.25, 0.3) is 5.91 Å². The minimum atomic E-state index is -4.99. The van der Waals surface area contributed by atoms with Gasteiger partial charge in [0.05, 0.1) is 23.2 Å². The lowest BCUT2D eigenvalue weighted by atomic mass is 9.57. The highest BCUT2D eigenvalue weighted by Gasteiger charge is 2.64. The molecule has 1 aromatic carbocycles. The number of phenolic OH excluding ortho intramolecular Hbond substituents is 1. The molecule has 3 aliphatic carbocycles. The van der Waals surface area contributed by atoms with Crippen molar-refractivity contribution >= 4 is 29.1 Å². The number of alkyl halides is 3. The Labute approximate surface area is 243 Å². The van der Waals surface area contributed by atoms with E-state index >= 15 is 0 Å². The van der Waals surface area contributed by atoms with Crippen LogP contribution in [0.3, 0.4) is 0 Å². The molecule has 12 nitrogen and oxygen atoms in total. The number of hydrogen-bond donors (Lipinski definition) is 6. The lowest BCUT2D eigenvalue weighted by Crippen LogP contribution is -2.65. The average molecular weight is 609 g/mol. The maximum absolute atomic E-state index is 14.8. The van der Waals surface area contributed by atoms with E-state index in [1.54, 1.807) is 0 Å². The second-order valence-electron chi connectivity index (χ2n) is 11.6. The van der Waals surface area contributed by atoms with Gasteiger partial charge in [0.1, 0.15) is 22.8 Å². The van der Waals surface area contributed by atoms with Crippen LogP contribution in [-0.2, 0) is 31.8 Å². The molecule has 5 atom stereocenters. The van der Waals surface area contributed by atoms with E-state index in [2.05, 4.69) is 5.32 Å². The fraction of sp³-hybridized carbons (Fsp3) is 0.500. The van der Waals surface area contributed by atoms with Gasteiger partial charge in [0, 0.05) is 38.0 Å². The third-order valence-corrected chi connectivity index (χ3v) is 9.03. The number of nitrogens with two attached hydrogens (primary N) is 1. The van der Waals surface area contributed by atoms with Crippen molar-refractivity contribution in [2.45, 2.75) is 43.6 Å². The van der Waals surface area contributed by atoms with E-state index in [1.807, 2.05) is 0 Å². The van der Waals surface area contributed by atoms with Crippen molar-refractivity contribution in [3.8, 4) is 5.75 Å². The number of phenols is 1. The predicted molar refractivity (Wildman–Crippen MR) is 142 cm³/mol. The quantitative estimate of drug-likeness (QED) is 0.263. The molecule has 0 radical (unpaired) electrons. The van der Waals surface area contributed by atoms with Gasteiger partial charge < -0.3 is 36.4 Å². The summed E-state index contributed by atoms with van der Waals surface area (Å²) in [4.78, 5) is 53.8. The molecule has 232 valence electrons. The molecule has 1 aromatic rings. The van der Waals surface area contributed by atoms with Crippen molar-refractivity contribution < 1.29 is 52.8 Å². The van der Waals surface area contributed by atoms with Crippen molar-refractivity contribution in [1.29, 1.82) is 0 Å². The normalized spacial score (nSPS) is 29.4. The second-order valence-corrected chi connectivity index (χ2v) is 11.6. The predicted octanol–water partition coefficient (Wildman–Crippen LogP) is 0.476. The second kappa shape index (κ2) is 10.1. The van der Waals surface area contributed by atoms with E-state index < -0.39 is 105 Å². The first kappa shape index (κ1) is 30.5. The first-order valence-corrected chi connectivity index (χ1v) is 13.5. The zero-order valence-electron chi connectivity index (χ0n) is 23.4. The van der Waals surface area contributed by atoms with Gasteiger partial charge >= 0.3 is 6.18 Å². The Morgan fingerprint density at radius 2 is 1.84 bits per heavy atom. The summed E-state index contributed by atoms with van der Waals surface area (Å²) in [5.41, 5.74) is -1.81. The maximum Gasteiger partial charge on any atom is 0.417 e. The molecular formula is C28H31F3N4O8. The zero-order valence-corrected chi connectivity index (χ0v) is 23.4. The smallest absolute Gasteiger partial charge is 0.417 e. The number of likely N-dealkylation sites (N-methyl/N-ethyl adjacent to an activating group) is 1. The van der Waals surface area contributed by atoms with E-state index in [0.29, 0.717) is 0 Å². The summed E-state index contributed by atoms with van der Waals surface area (Å²) in [6, 6.07) is -1.56. The van der Waals surface area contributed by atoms with Crippen LogP contribution >= 0.6 is 0 Å². The van der Waals surface area contributed by atoms with Crippen LogP contribution in [0.2, 0.25) is 0 Å². The number of nitrogens with zero attached hydrogens (tertiary/aromatic N) is 2. The lowest BCUT2D eigenvalue weighted by molar-refractivity contribution is -0.153. The van der Waals surface area contributed by atoms with Crippen molar-refractivity contribution in [2.75, 3.05) is 33.7 Å². The summed E-state index contributed by atoms with van der Waals surface area (Å²) in [5.74, 6) is -9.72. The number of fused-ring (bicyclic) bond motifs is 3. The Hall–Kier alpha value is -3.95. The molecule has 1 unspecified atom stereocenters. The van der Waals surface area contributed by atoms with E-state index in [1.165, 1.54) is 30.8 Å². The molecule has 1 saturated carbocycles. The molecule has 5 rings (SSSR count). The Morgan fingerprint density at radius 3 is 2.40 bits per heavy atom. The number of aromatic hydroxyl groups is 1. The summed E-state index contributed by atoms with van der Waals surface area (Å²) < 4.78 is 44.4. The fourth-order valence-corrected chi connectivity index (χ4v) is 7.20. The average Bonchev–Trinajstić information content (AvgIpc) is 2.89. The molecule has 2 amide bonds. The van der Waals surface area contributed by atoms with Gasteiger partial charge in [-0.05, 0) is 50.0 Å². The number of benzene rings is 1. The first-order valence-electron chi connectivity index (χ1n) is 13.5. The van der Waals surface area contributed by atoms with Crippen LogP contribution in [0.5, 0.6) is 5.75 Å². The summed E-state index contributed by atoms with van der Waals surface area (Å²) in [5, 5.41) is 47.8. The number of halogens is 3. The van der Waals surface area contributed by atoms with Crippen molar-refractivity contribution in [1.82, 2.24) is 15.1 Å². The highest BCUT2D eigenvalue weighted by Crippen LogP contribution is 2.55. The number of piperazine rings is 1. The van der Waals surface area contributed by atoms with E-state index in [9.17, 15) is 52.8 Å². The number of aliphatic hydroxyl groups excluding tert-OH is 2. The third kappa shape index (κ3) is 4.40. The number of amides is 2. The van der Waals surface area contributed by atoms with Gasteiger partial charge in [0.2, 0.25) is 11.7 Å². The van der Waals surface area contributed by atoms with Gasteiger partial charge in [-0.3, -0.25) is 24.1 Å². The largest absolute Gasteiger partial charge is 0.508 e. The van der Waals surface area contributed by atoms with E-state index in [4.69, 9.17) is 5.73 Å². The van der Waals surface area contributed by atoms with Gasteiger partial charge in [-0.1, -0.05) is 0 Å². The van der Waals surface area contributed by atoms with Crippen molar-refractivity contribution in [3.63, 3.8) is 0 Å². The first-order chi connectivity index (χ1) is 19.9. The molecule has 4 aliphatic rings. The van der Waals surface area contributed by atoms with Crippen LogP contribution in [0.25, 0.3) is 5.76 Å². The van der Waals surface area contributed by atoms with Crippen LogP contribution in [0.4, 0.5) is 13.2 Å². The van der Waals surface area contributed by atoms with E-state index in [-0.39, 0.29) is 37.5 Å². The van der Waals surface area contributed by atoms with Gasteiger partial charge in [-0.2, -0.15) is 13.2 Å². The van der Waals surface area contributed by atoms with Crippen LogP contribution in [-0.4, -0.2) is 99.0 Å². The highest BCUT2D eigenvalue weighted by atomic mass is 19.4. The molecule has 0 spiro atoms. The molecule has 43 heavy (non-hydrogen) atoms. The van der Waals surface area contributed by atoms with Gasteiger partial charge in [-0.15, -0.1) is 0 Å². The minimum absolute atomic E-state index is 0.110. The number of nitrogens with one attached hydrogen (secondary N) is 1. The number of carbonyl (C=O) groups excluding carboxylic acids is 4. The topological polar surface area (TPSA) is 194 Å². The Kier molecular flexibility index (Phi) is 7.14. The zero-order chi connectivity index (χ0) is 31.9. The van der Waals surface area contributed by atoms with Crippen molar-refractivity contribution in [3.05, 3.63) is 45.2 Å². The number of primary amides is 1. The molecular weight excluding hydrogens is 577 g/mol. The van der Waals surface area contributed by atoms with Crippen LogP contribution < -0.4 is 11.1 Å². The number of hydrogen-bond acceptors (Lipinski definition) is 10. The number of Topliss-reactive ketones (excluding diaryl/α,β-unsaturated/α-hetero) is 2. The van der Waals surface area contributed by atoms with Gasteiger partial charge in [-0.25, -0.2) is 0 Å². The Bertz CT molecular complexity index is 1530. The molecule has 0 aromatic heterocycles. The number of ketones is 2. The van der Waals surface area contributed by atoms with Crippen LogP contribution in [0.15, 0.2) is 23.0 Å². The summed E-state index contributed by atoms with van der Waals surface area (Å²) >= 11 is 0. The maximum atomic E-state index is 14.8. The van der Waals surface area contributed by atoms with Crippen molar-refractivity contribution in [2.24, 2.45) is 17.6 Å². The summed E-state index contributed by atoms with van der Waals surface area (Å²) in [7, 11) is 2.84. The summed E-state index contributed by atoms with van der Waals surface area (Å²) in [6.45, 7) is 1.65. The molecule has 15 heteroatoms. The SMILES string of the molecule is CC(=O)N1CCNC(c2cc(O)c3c(c2C(F)(F)F)C[C@H]2C[C@H]4[C@H](N(C)C)C(=O)C(C(N)=O)=C(O)[C@@]4(O)C(=O)C2=C3O)C1. The molecule has 2 fully saturated rings. The molecule has 7 N–H and O–H groups in total. The van der Waals surface area contributed by atoms with Crippen LogP contribution in [0, 0.1) is 11.8 Å². The number of rotatable bonds is 3. The number of aliphatic hydroxyl groups is 3. The number of carbonyl (C=O) groups is 4. The molecule has 1 saturated heterocycles. The molecule has 1 aliphatic heterocycles. The minimum Gasteiger partial charge on any atom is -0.508 e. The highest BCUT2D eigenvalue weighted by molar-refractivity contribution is 6.24. The molecule has 0 bridgehead atoms. The lowest BCUT2D eigenvalue weighted by Gasteiger charge is -2.50. The fourth-order valence-electron chi connectivity index (χ4n) is 7.20. The van der Waals surface area contributed by atoms with E-state index in [0.717, 1.165) is 6.07 Å². The Morgan fingerprint density at radius 1 is 1.19 bits per heavy atom. The van der Waals surface area contributed by atoms with Crippen LogP contribution in [0.1, 0.15) is 41.6 Å². The molecule has 1 heterocycles. The van der Waals surface area contributed by atoms with Gasteiger partial charge in [0.15, 0.2) is 11.4 Å². The third-order valence-electron chi connectivity index (χ3n) is 9.03.